The first kappa shape index (κ1) is 35.4. The highest BCUT2D eigenvalue weighted by Gasteiger charge is 2.16. The maximum atomic E-state index is 12.4. The second-order valence-corrected chi connectivity index (χ2v) is 9.39. The van der Waals surface area contributed by atoms with Crippen LogP contribution in [0, 0.1) is 0 Å². The van der Waals surface area contributed by atoms with Gasteiger partial charge in [-0.15, -0.1) is 0 Å². The van der Waals surface area contributed by atoms with Crippen molar-refractivity contribution in [3.05, 3.63) is 103 Å². The van der Waals surface area contributed by atoms with Crippen LogP contribution < -0.4 is 10.6 Å². The van der Waals surface area contributed by atoms with Gasteiger partial charge in [-0.3, -0.25) is 9.59 Å². The normalized spacial score (nSPS) is 13.0. The Bertz CT molecular complexity index is 1020. The lowest BCUT2D eigenvalue weighted by atomic mass is 10.2. The van der Waals surface area contributed by atoms with Crippen LogP contribution in [0.15, 0.2) is 97.2 Å². The average Bonchev–Trinajstić information content (AvgIpc) is 2.98. The molecule has 6 heteroatoms. The van der Waals surface area contributed by atoms with Gasteiger partial charge in [0.2, 0.25) is 5.91 Å². The largest absolute Gasteiger partial charge is 0.507 e. The molecule has 1 aromatic rings. The number of phenolic OH excluding ortho intramolecular Hbond substituents is 1. The summed E-state index contributed by atoms with van der Waals surface area (Å²) in [5.41, 5.74) is 0.209. The molecule has 41 heavy (non-hydrogen) atoms. The number of hydrogen-bond acceptors (Lipinski definition) is 4. The Kier molecular flexibility index (Phi) is 21.9. The number of aromatic hydroxyl groups is 1. The molecule has 1 rings (SSSR count). The van der Waals surface area contributed by atoms with Crippen molar-refractivity contribution in [3.63, 3.8) is 0 Å². The number of allylic oxidation sites excluding steroid dienone is 12. The van der Waals surface area contributed by atoms with Crippen molar-refractivity contribution in [3.8, 4) is 5.75 Å². The molecule has 1 atom stereocenters. The van der Waals surface area contributed by atoms with Gasteiger partial charge < -0.3 is 20.5 Å². The quantitative estimate of drug-likeness (QED) is 0.101. The van der Waals surface area contributed by atoms with E-state index >= 15 is 0 Å². The first-order chi connectivity index (χ1) is 20.1. The van der Waals surface area contributed by atoms with Gasteiger partial charge in [0, 0.05) is 19.7 Å². The number of benzene rings is 1. The second kappa shape index (κ2) is 25.3. The highest BCUT2D eigenvalue weighted by molar-refractivity contribution is 5.96. The first-order valence-corrected chi connectivity index (χ1v) is 15.0. The van der Waals surface area contributed by atoms with E-state index in [9.17, 15) is 14.7 Å². The molecule has 0 aliphatic rings. The van der Waals surface area contributed by atoms with Crippen LogP contribution in [0.5, 0.6) is 5.75 Å². The molecule has 1 unspecified atom stereocenters. The fourth-order valence-corrected chi connectivity index (χ4v) is 3.68. The summed E-state index contributed by atoms with van der Waals surface area (Å²) in [4.78, 5) is 24.4. The minimum Gasteiger partial charge on any atom is -0.507 e. The van der Waals surface area contributed by atoms with Gasteiger partial charge in [-0.2, -0.15) is 0 Å². The van der Waals surface area contributed by atoms with E-state index in [1.807, 2.05) is 6.92 Å². The zero-order valence-electron chi connectivity index (χ0n) is 25.0. The number of ether oxygens (including phenoxy) is 1. The summed E-state index contributed by atoms with van der Waals surface area (Å²) in [6, 6.07) is 6.34. The van der Waals surface area contributed by atoms with E-state index < -0.39 is 6.10 Å². The summed E-state index contributed by atoms with van der Waals surface area (Å²) in [5.74, 6) is -0.634. The number of para-hydroxylation sites is 1. The number of unbranched alkanes of at least 4 members (excludes halogenated alkanes) is 1. The van der Waals surface area contributed by atoms with Gasteiger partial charge in [0.05, 0.1) is 5.56 Å². The van der Waals surface area contributed by atoms with E-state index in [1.165, 1.54) is 6.07 Å². The highest BCUT2D eigenvalue weighted by atomic mass is 16.5. The summed E-state index contributed by atoms with van der Waals surface area (Å²) in [5, 5.41) is 15.2. The Morgan fingerprint density at radius 3 is 1.80 bits per heavy atom. The minimum absolute atomic E-state index is 0.0718. The van der Waals surface area contributed by atoms with Crippen molar-refractivity contribution >= 4 is 11.8 Å². The Balaban J connectivity index is 2.05. The van der Waals surface area contributed by atoms with Crippen LogP contribution in [-0.4, -0.2) is 42.7 Å². The molecule has 0 radical (unpaired) electrons. The van der Waals surface area contributed by atoms with Gasteiger partial charge in [0.15, 0.2) is 0 Å². The van der Waals surface area contributed by atoms with Crippen LogP contribution in [0.3, 0.4) is 0 Å². The molecule has 0 aliphatic carbocycles. The van der Waals surface area contributed by atoms with E-state index in [2.05, 4.69) is 90.5 Å². The molecule has 0 aromatic heterocycles. The van der Waals surface area contributed by atoms with Gasteiger partial charge >= 0.3 is 0 Å². The van der Waals surface area contributed by atoms with Gasteiger partial charge in [-0.05, 0) is 69.9 Å². The summed E-state index contributed by atoms with van der Waals surface area (Å²) >= 11 is 0. The zero-order chi connectivity index (χ0) is 29.8. The van der Waals surface area contributed by atoms with Crippen LogP contribution in [0.25, 0.3) is 0 Å². The summed E-state index contributed by atoms with van der Waals surface area (Å²) in [6.07, 6.45) is 34.0. The average molecular weight is 563 g/mol. The van der Waals surface area contributed by atoms with E-state index in [0.29, 0.717) is 13.0 Å². The molecule has 0 bridgehead atoms. The van der Waals surface area contributed by atoms with Gasteiger partial charge in [-0.25, -0.2) is 0 Å². The lowest BCUT2D eigenvalue weighted by Crippen LogP contribution is -2.40. The Morgan fingerprint density at radius 2 is 1.27 bits per heavy atom. The number of hydrogen-bond donors (Lipinski definition) is 3. The van der Waals surface area contributed by atoms with Crippen molar-refractivity contribution < 1.29 is 19.4 Å². The molecular weight excluding hydrogens is 512 g/mol. The number of nitrogens with one attached hydrogen (secondary N) is 2. The predicted molar refractivity (Wildman–Crippen MR) is 171 cm³/mol. The summed E-state index contributed by atoms with van der Waals surface area (Å²) in [7, 11) is 0. The smallest absolute Gasteiger partial charge is 0.255 e. The fourth-order valence-electron chi connectivity index (χ4n) is 3.68. The molecule has 3 N–H and O–H groups in total. The molecular formula is C35H50N2O4. The second-order valence-electron chi connectivity index (χ2n) is 9.39. The van der Waals surface area contributed by atoms with E-state index in [0.717, 1.165) is 51.4 Å². The maximum Gasteiger partial charge on any atom is 0.255 e. The van der Waals surface area contributed by atoms with E-state index in [4.69, 9.17) is 4.74 Å². The van der Waals surface area contributed by atoms with Crippen LogP contribution in [-0.2, 0) is 9.53 Å². The molecule has 0 spiro atoms. The van der Waals surface area contributed by atoms with Crippen molar-refractivity contribution in [1.82, 2.24) is 10.6 Å². The molecule has 1 aromatic carbocycles. The molecule has 2 amide bonds. The molecule has 0 aliphatic heterocycles. The monoisotopic (exact) mass is 562 g/mol. The van der Waals surface area contributed by atoms with Crippen LogP contribution in [0.1, 0.15) is 82.0 Å². The fraction of sp³-hybridized carbons (Fsp3) is 0.429. The highest BCUT2D eigenvalue weighted by Crippen LogP contribution is 2.14. The van der Waals surface area contributed by atoms with Crippen LogP contribution in [0.4, 0.5) is 0 Å². The Hall–Kier alpha value is -3.64. The number of carbonyl (C=O) groups excluding carboxylic acids is 2. The summed E-state index contributed by atoms with van der Waals surface area (Å²) in [6.45, 7) is 5.13. The Labute approximate surface area is 247 Å². The summed E-state index contributed by atoms with van der Waals surface area (Å²) < 4.78 is 5.75. The zero-order valence-corrected chi connectivity index (χ0v) is 25.0. The molecule has 224 valence electrons. The van der Waals surface area contributed by atoms with Gasteiger partial charge in [0.25, 0.3) is 5.91 Å². The van der Waals surface area contributed by atoms with E-state index in [1.54, 1.807) is 18.2 Å². The number of carbonyl (C=O) groups is 2. The SMILES string of the molecule is CC/C=C\C/C=C\C/C=C\C/C=C\C/C=C\C/C=C\CCCOC(CC)C(=O)NCCNC(=O)c1ccccc1O. The standard InChI is InChI=1S/C35H50N2O4/c1-3-5-6-7-8-9-10-11-12-13-14-15-16-17-18-19-20-21-22-25-30-41-33(4-2)35(40)37-29-28-36-34(39)31-26-23-24-27-32(31)38/h5-6,8-9,11-12,14-15,17-18,20-21,23-24,26-27,33,38H,3-4,7,10,13,16,19,22,25,28-30H2,1-2H3,(H,36,39)(H,37,40)/b6-5-,9-8-,12-11-,15-14-,18-17-,21-20-. The van der Waals surface area contributed by atoms with Crippen molar-refractivity contribution in [2.75, 3.05) is 19.7 Å². The van der Waals surface area contributed by atoms with Gasteiger partial charge in [-0.1, -0.05) is 98.9 Å². The lowest BCUT2D eigenvalue weighted by Gasteiger charge is -2.16. The number of phenols is 1. The lowest BCUT2D eigenvalue weighted by molar-refractivity contribution is -0.133. The predicted octanol–water partition coefficient (Wildman–Crippen LogP) is 7.51. The van der Waals surface area contributed by atoms with Gasteiger partial charge in [0.1, 0.15) is 11.9 Å². The Morgan fingerprint density at radius 1 is 0.756 bits per heavy atom. The van der Waals surface area contributed by atoms with Crippen molar-refractivity contribution in [1.29, 1.82) is 0 Å². The molecule has 0 heterocycles. The molecule has 0 saturated carbocycles. The van der Waals surface area contributed by atoms with Crippen molar-refractivity contribution in [2.24, 2.45) is 0 Å². The maximum absolute atomic E-state index is 12.4. The third-order valence-electron chi connectivity index (χ3n) is 5.95. The van der Waals surface area contributed by atoms with Crippen LogP contribution >= 0.6 is 0 Å². The number of rotatable bonds is 22. The minimum atomic E-state index is -0.505. The van der Waals surface area contributed by atoms with Crippen molar-refractivity contribution in [2.45, 2.75) is 77.7 Å². The number of amides is 2. The first-order valence-electron chi connectivity index (χ1n) is 15.0. The molecule has 0 fully saturated rings. The van der Waals surface area contributed by atoms with Crippen LogP contribution in [0.2, 0.25) is 0 Å². The van der Waals surface area contributed by atoms with E-state index in [-0.39, 0.29) is 36.2 Å². The topological polar surface area (TPSA) is 87.7 Å². The third kappa shape index (κ3) is 19.1. The molecule has 6 nitrogen and oxygen atoms in total. The molecule has 0 saturated heterocycles. The third-order valence-corrected chi connectivity index (χ3v) is 5.95.